The van der Waals surface area contributed by atoms with E-state index >= 15 is 0 Å². The van der Waals surface area contributed by atoms with Crippen molar-refractivity contribution >= 4 is 29.2 Å². The average molecular weight is 341 g/mol. The second-order valence-corrected chi connectivity index (χ2v) is 4.86. The van der Waals surface area contributed by atoms with Gasteiger partial charge in [-0.2, -0.15) is 18.3 Å². The molecule has 0 fully saturated rings. The van der Waals surface area contributed by atoms with Crippen molar-refractivity contribution in [3.8, 4) is 0 Å². The molecule has 2 aromatic rings. The molecule has 0 bridgehead atoms. The van der Waals surface area contributed by atoms with Gasteiger partial charge < -0.3 is 5.32 Å². The predicted octanol–water partition coefficient (Wildman–Crippen LogP) is 4.17. The third-order valence-electron chi connectivity index (χ3n) is 2.72. The Morgan fingerprint density at radius 3 is 2.17 bits per heavy atom. The number of thiocarbonyl (C=S) groups is 1. The van der Waals surface area contributed by atoms with Crippen LogP contribution in [0.4, 0.5) is 23.2 Å². The third kappa shape index (κ3) is 5.33. The molecular formula is C15H11F4N3S. The molecule has 0 aromatic heterocycles. The van der Waals surface area contributed by atoms with Crippen molar-refractivity contribution in [2.45, 2.75) is 6.18 Å². The van der Waals surface area contributed by atoms with E-state index in [2.05, 4.69) is 15.8 Å². The van der Waals surface area contributed by atoms with E-state index < -0.39 is 11.7 Å². The molecule has 2 N–H and O–H groups in total. The largest absolute Gasteiger partial charge is 0.416 e. The number of anilines is 1. The zero-order valence-electron chi connectivity index (χ0n) is 11.6. The highest BCUT2D eigenvalue weighted by Gasteiger charge is 2.29. The number of hydrogen-bond donors (Lipinski definition) is 2. The molecule has 0 saturated carbocycles. The van der Waals surface area contributed by atoms with Gasteiger partial charge in [-0.05, 0) is 54.2 Å². The molecule has 0 aliphatic carbocycles. The number of rotatable bonds is 3. The number of alkyl halides is 3. The second-order valence-electron chi connectivity index (χ2n) is 4.45. The first-order valence-corrected chi connectivity index (χ1v) is 6.78. The summed E-state index contributed by atoms with van der Waals surface area (Å²) < 4.78 is 50.0. The normalized spacial score (nSPS) is 11.5. The van der Waals surface area contributed by atoms with Crippen molar-refractivity contribution in [2.24, 2.45) is 5.10 Å². The molecule has 0 atom stereocenters. The molecule has 120 valence electrons. The van der Waals surface area contributed by atoms with Crippen LogP contribution < -0.4 is 10.7 Å². The summed E-state index contributed by atoms with van der Waals surface area (Å²) in [5.41, 5.74) is 2.83. The molecular weight excluding hydrogens is 330 g/mol. The predicted molar refractivity (Wildman–Crippen MR) is 84.8 cm³/mol. The minimum atomic E-state index is -4.38. The molecule has 0 radical (unpaired) electrons. The molecule has 8 heteroatoms. The lowest BCUT2D eigenvalue weighted by molar-refractivity contribution is -0.137. The number of nitrogens with zero attached hydrogens (tertiary/aromatic N) is 1. The molecule has 0 amide bonds. The van der Waals surface area contributed by atoms with Gasteiger partial charge in [0.1, 0.15) is 5.82 Å². The van der Waals surface area contributed by atoms with E-state index in [1.807, 2.05) is 0 Å². The zero-order valence-corrected chi connectivity index (χ0v) is 12.4. The molecule has 2 aromatic carbocycles. The molecule has 3 nitrogen and oxygen atoms in total. The van der Waals surface area contributed by atoms with Crippen LogP contribution in [0.25, 0.3) is 0 Å². The summed E-state index contributed by atoms with van der Waals surface area (Å²) in [6, 6.07) is 10.1. The van der Waals surface area contributed by atoms with E-state index in [1.165, 1.54) is 42.6 Å². The summed E-state index contributed by atoms with van der Waals surface area (Å²) in [6.45, 7) is 0. The Hall–Kier alpha value is -2.48. The Morgan fingerprint density at radius 2 is 1.61 bits per heavy atom. The maximum atomic E-state index is 12.7. The highest BCUT2D eigenvalue weighted by molar-refractivity contribution is 7.80. The maximum absolute atomic E-state index is 12.7. The average Bonchev–Trinajstić information content (AvgIpc) is 2.49. The molecule has 23 heavy (non-hydrogen) atoms. The van der Waals surface area contributed by atoms with E-state index in [0.29, 0.717) is 11.3 Å². The van der Waals surface area contributed by atoms with Crippen LogP contribution in [0.3, 0.4) is 0 Å². The summed E-state index contributed by atoms with van der Waals surface area (Å²) in [4.78, 5) is 0. The van der Waals surface area contributed by atoms with Gasteiger partial charge >= 0.3 is 6.18 Å². The molecule has 0 saturated heterocycles. The van der Waals surface area contributed by atoms with Gasteiger partial charge in [0.15, 0.2) is 5.11 Å². The van der Waals surface area contributed by atoms with Crippen LogP contribution in [-0.2, 0) is 6.18 Å². The lowest BCUT2D eigenvalue weighted by Gasteiger charge is -2.09. The van der Waals surface area contributed by atoms with E-state index in [0.717, 1.165) is 12.1 Å². The molecule has 0 unspecified atom stereocenters. The van der Waals surface area contributed by atoms with Gasteiger partial charge in [-0.1, -0.05) is 12.1 Å². The van der Waals surface area contributed by atoms with Gasteiger partial charge in [-0.25, -0.2) is 4.39 Å². The summed E-state index contributed by atoms with van der Waals surface area (Å²) in [6.07, 6.45) is -2.95. The zero-order chi connectivity index (χ0) is 16.9. The topological polar surface area (TPSA) is 36.4 Å². The first-order valence-electron chi connectivity index (χ1n) is 6.37. The van der Waals surface area contributed by atoms with E-state index in [1.54, 1.807) is 0 Å². The number of halogens is 4. The van der Waals surface area contributed by atoms with Gasteiger partial charge in [-0.15, -0.1) is 0 Å². The molecule has 0 spiro atoms. The summed E-state index contributed by atoms with van der Waals surface area (Å²) in [5.74, 6) is -0.352. The smallest absolute Gasteiger partial charge is 0.331 e. The Kier molecular flexibility index (Phi) is 5.28. The lowest BCUT2D eigenvalue weighted by Crippen LogP contribution is -2.23. The number of hydrogen-bond acceptors (Lipinski definition) is 2. The molecule has 0 aliphatic heterocycles. The van der Waals surface area contributed by atoms with Crippen LogP contribution in [-0.4, -0.2) is 11.3 Å². The Labute approximate surface area is 135 Å². The summed E-state index contributed by atoms with van der Waals surface area (Å²) in [5, 5.41) is 6.65. The fraction of sp³-hybridized carbons (Fsp3) is 0.0667. The Morgan fingerprint density at radius 1 is 1.00 bits per heavy atom. The van der Waals surface area contributed by atoms with Gasteiger partial charge in [0.25, 0.3) is 0 Å². The van der Waals surface area contributed by atoms with Crippen LogP contribution >= 0.6 is 12.2 Å². The lowest BCUT2D eigenvalue weighted by atomic mass is 10.2. The van der Waals surface area contributed by atoms with Crippen molar-refractivity contribution in [1.82, 2.24) is 5.43 Å². The Bertz CT molecular complexity index is 694. The van der Waals surface area contributed by atoms with Gasteiger partial charge in [0.05, 0.1) is 11.8 Å². The quantitative estimate of drug-likeness (QED) is 0.381. The second kappa shape index (κ2) is 7.19. The van der Waals surface area contributed by atoms with Crippen LogP contribution in [0.5, 0.6) is 0 Å². The molecule has 0 aliphatic rings. The van der Waals surface area contributed by atoms with Crippen molar-refractivity contribution in [1.29, 1.82) is 0 Å². The highest BCUT2D eigenvalue weighted by Crippen LogP contribution is 2.29. The fourth-order valence-electron chi connectivity index (χ4n) is 1.62. The molecule has 0 heterocycles. The SMILES string of the molecule is Fc1ccc(/C=N/NC(=S)Nc2ccc(C(F)(F)F)cc2)cc1. The Balaban J connectivity index is 1.88. The van der Waals surface area contributed by atoms with E-state index in [-0.39, 0.29) is 10.9 Å². The van der Waals surface area contributed by atoms with Gasteiger partial charge in [-0.3, -0.25) is 5.43 Å². The minimum Gasteiger partial charge on any atom is -0.331 e. The standard InChI is InChI=1S/C15H11F4N3S/c16-12-5-1-10(2-6-12)9-20-22-14(23)21-13-7-3-11(4-8-13)15(17,18)19/h1-9H,(H2,21,22,23)/b20-9+. The summed E-state index contributed by atoms with van der Waals surface area (Å²) >= 11 is 4.96. The monoisotopic (exact) mass is 341 g/mol. The first-order chi connectivity index (χ1) is 10.8. The highest BCUT2D eigenvalue weighted by atomic mass is 32.1. The molecule has 2 rings (SSSR count). The fourth-order valence-corrected chi connectivity index (χ4v) is 1.79. The number of benzene rings is 2. The van der Waals surface area contributed by atoms with Gasteiger partial charge in [0.2, 0.25) is 0 Å². The van der Waals surface area contributed by atoms with Crippen LogP contribution in [0.15, 0.2) is 53.6 Å². The summed E-state index contributed by atoms with van der Waals surface area (Å²) in [7, 11) is 0. The number of hydrazone groups is 1. The van der Waals surface area contributed by atoms with Gasteiger partial charge in [0, 0.05) is 5.69 Å². The van der Waals surface area contributed by atoms with Crippen molar-refractivity contribution in [2.75, 3.05) is 5.32 Å². The van der Waals surface area contributed by atoms with Crippen molar-refractivity contribution in [3.05, 3.63) is 65.5 Å². The third-order valence-corrected chi connectivity index (χ3v) is 2.91. The van der Waals surface area contributed by atoms with Crippen molar-refractivity contribution < 1.29 is 17.6 Å². The van der Waals surface area contributed by atoms with E-state index in [4.69, 9.17) is 12.2 Å². The van der Waals surface area contributed by atoms with Crippen LogP contribution in [0.1, 0.15) is 11.1 Å². The number of nitrogens with one attached hydrogen (secondary N) is 2. The minimum absolute atomic E-state index is 0.114. The van der Waals surface area contributed by atoms with Crippen molar-refractivity contribution in [3.63, 3.8) is 0 Å². The van der Waals surface area contributed by atoms with Crippen LogP contribution in [0, 0.1) is 5.82 Å². The van der Waals surface area contributed by atoms with E-state index in [9.17, 15) is 17.6 Å². The maximum Gasteiger partial charge on any atom is 0.416 e. The first kappa shape index (κ1) is 16.9. The van der Waals surface area contributed by atoms with Crippen LogP contribution in [0.2, 0.25) is 0 Å².